The summed E-state index contributed by atoms with van der Waals surface area (Å²) in [6, 6.07) is 1.77. The lowest BCUT2D eigenvalue weighted by atomic mass is 10.4. The first-order valence-electron chi connectivity index (χ1n) is 3.41. The van der Waals surface area contributed by atoms with Crippen LogP contribution in [0.2, 0.25) is 0 Å². The summed E-state index contributed by atoms with van der Waals surface area (Å²) in [5.41, 5.74) is 0.891. The van der Waals surface area contributed by atoms with Crippen LogP contribution < -0.4 is 4.74 Å². The monoisotopic (exact) mass is 165 g/mol. The SMILES string of the molecule is COc1cc(C)n2nnnc2n1. The van der Waals surface area contributed by atoms with Gasteiger partial charge in [-0.3, -0.25) is 0 Å². The molecule has 0 fully saturated rings. The Bertz CT molecular complexity index is 409. The summed E-state index contributed by atoms with van der Waals surface area (Å²) in [7, 11) is 1.56. The smallest absolute Gasteiger partial charge is 0.276 e. The van der Waals surface area contributed by atoms with Crippen LogP contribution in [0.1, 0.15) is 5.69 Å². The second kappa shape index (κ2) is 2.40. The van der Waals surface area contributed by atoms with Crippen molar-refractivity contribution in [2.45, 2.75) is 6.92 Å². The fraction of sp³-hybridized carbons (Fsp3) is 0.333. The predicted molar refractivity (Wildman–Crippen MR) is 39.9 cm³/mol. The van der Waals surface area contributed by atoms with Crippen LogP contribution in [0.15, 0.2) is 6.07 Å². The van der Waals surface area contributed by atoms with Crippen molar-refractivity contribution in [3.63, 3.8) is 0 Å². The van der Waals surface area contributed by atoms with E-state index in [1.165, 1.54) is 0 Å². The summed E-state index contributed by atoms with van der Waals surface area (Å²) < 4.78 is 6.50. The summed E-state index contributed by atoms with van der Waals surface area (Å²) in [4.78, 5) is 4.02. The molecule has 0 aliphatic carbocycles. The van der Waals surface area contributed by atoms with E-state index in [1.54, 1.807) is 17.7 Å². The quantitative estimate of drug-likeness (QED) is 0.587. The molecule has 0 atom stereocenters. The van der Waals surface area contributed by atoms with Crippen LogP contribution in [0.5, 0.6) is 5.88 Å². The highest BCUT2D eigenvalue weighted by Gasteiger charge is 2.03. The largest absolute Gasteiger partial charge is 0.481 e. The zero-order valence-electron chi connectivity index (χ0n) is 6.72. The van der Waals surface area contributed by atoms with E-state index in [-0.39, 0.29) is 0 Å². The van der Waals surface area contributed by atoms with Crippen molar-refractivity contribution in [3.05, 3.63) is 11.8 Å². The average Bonchev–Trinajstić information content (AvgIpc) is 2.52. The Hall–Kier alpha value is -1.72. The molecule has 2 aromatic heterocycles. The summed E-state index contributed by atoms with van der Waals surface area (Å²) in [6.07, 6.45) is 0. The van der Waals surface area contributed by atoms with Crippen LogP contribution in [0.25, 0.3) is 5.78 Å². The first-order valence-corrected chi connectivity index (χ1v) is 3.41. The van der Waals surface area contributed by atoms with Crippen LogP contribution >= 0.6 is 0 Å². The highest BCUT2D eigenvalue weighted by Crippen LogP contribution is 2.08. The number of fused-ring (bicyclic) bond motifs is 1. The van der Waals surface area contributed by atoms with Crippen molar-refractivity contribution >= 4 is 5.78 Å². The molecular formula is C6H7N5O. The fourth-order valence-electron chi connectivity index (χ4n) is 0.956. The van der Waals surface area contributed by atoms with Crippen molar-refractivity contribution in [2.75, 3.05) is 7.11 Å². The molecule has 0 aromatic carbocycles. The van der Waals surface area contributed by atoms with Gasteiger partial charge in [0.15, 0.2) is 0 Å². The topological polar surface area (TPSA) is 65.2 Å². The maximum atomic E-state index is 4.95. The summed E-state index contributed by atoms with van der Waals surface area (Å²) >= 11 is 0. The van der Waals surface area contributed by atoms with Crippen molar-refractivity contribution in [3.8, 4) is 5.88 Å². The lowest BCUT2D eigenvalue weighted by Gasteiger charge is -1.99. The third-order valence-electron chi connectivity index (χ3n) is 1.54. The van der Waals surface area contributed by atoms with E-state index >= 15 is 0 Å². The van der Waals surface area contributed by atoms with Crippen molar-refractivity contribution in [1.82, 2.24) is 25.0 Å². The number of hydrogen-bond donors (Lipinski definition) is 0. The van der Waals surface area contributed by atoms with Gasteiger partial charge in [0, 0.05) is 6.07 Å². The third kappa shape index (κ3) is 0.884. The average molecular weight is 165 g/mol. The lowest BCUT2D eigenvalue weighted by molar-refractivity contribution is 0.397. The normalized spacial score (nSPS) is 10.5. The molecule has 2 aromatic rings. The Morgan fingerprint density at radius 2 is 2.33 bits per heavy atom. The number of tetrazole rings is 1. The molecule has 0 bridgehead atoms. The number of methoxy groups -OCH3 is 1. The van der Waals surface area contributed by atoms with E-state index in [0.29, 0.717) is 11.7 Å². The molecule has 2 heterocycles. The molecule has 0 aliphatic rings. The molecule has 0 N–H and O–H groups in total. The molecule has 0 aliphatic heterocycles. The van der Waals surface area contributed by atoms with Gasteiger partial charge in [0.25, 0.3) is 5.78 Å². The van der Waals surface area contributed by atoms with Crippen molar-refractivity contribution in [1.29, 1.82) is 0 Å². The van der Waals surface area contributed by atoms with E-state index in [1.807, 2.05) is 6.92 Å². The second-order valence-electron chi connectivity index (χ2n) is 2.33. The Morgan fingerprint density at radius 3 is 3.08 bits per heavy atom. The minimum absolute atomic E-state index is 0.451. The van der Waals surface area contributed by atoms with Gasteiger partial charge in [-0.25, -0.2) is 0 Å². The van der Waals surface area contributed by atoms with Crippen LogP contribution in [0.3, 0.4) is 0 Å². The van der Waals surface area contributed by atoms with Crippen LogP contribution in [-0.4, -0.2) is 32.1 Å². The van der Waals surface area contributed by atoms with Crippen LogP contribution in [0.4, 0.5) is 0 Å². The molecule has 0 saturated heterocycles. The van der Waals surface area contributed by atoms with E-state index < -0.39 is 0 Å². The van der Waals surface area contributed by atoms with Crippen LogP contribution in [-0.2, 0) is 0 Å². The van der Waals surface area contributed by atoms with Crippen molar-refractivity contribution < 1.29 is 4.74 Å². The Kier molecular flexibility index (Phi) is 1.39. The summed E-state index contributed by atoms with van der Waals surface area (Å²) in [6.45, 7) is 1.88. The molecule has 0 spiro atoms. The first-order chi connectivity index (χ1) is 5.81. The van der Waals surface area contributed by atoms with Gasteiger partial charge >= 0.3 is 0 Å². The molecule has 6 heteroatoms. The van der Waals surface area contributed by atoms with Crippen LogP contribution in [0, 0.1) is 6.92 Å². The first kappa shape index (κ1) is 6.96. The van der Waals surface area contributed by atoms with Gasteiger partial charge in [-0.2, -0.15) is 9.50 Å². The predicted octanol–water partition coefficient (Wildman–Crippen LogP) is -0.164. The number of nitrogens with zero attached hydrogens (tertiary/aromatic N) is 5. The molecular weight excluding hydrogens is 158 g/mol. The van der Waals surface area contributed by atoms with E-state index in [0.717, 1.165) is 5.69 Å². The van der Waals surface area contributed by atoms with Crippen molar-refractivity contribution in [2.24, 2.45) is 0 Å². The van der Waals surface area contributed by atoms with E-state index in [2.05, 4.69) is 20.5 Å². The van der Waals surface area contributed by atoms with E-state index in [4.69, 9.17) is 4.74 Å². The van der Waals surface area contributed by atoms with Gasteiger partial charge in [-0.05, 0) is 17.4 Å². The zero-order valence-corrected chi connectivity index (χ0v) is 6.72. The molecule has 2 rings (SSSR count). The third-order valence-corrected chi connectivity index (χ3v) is 1.54. The molecule has 62 valence electrons. The highest BCUT2D eigenvalue weighted by molar-refractivity contribution is 5.30. The zero-order chi connectivity index (χ0) is 8.55. The lowest BCUT2D eigenvalue weighted by Crippen LogP contribution is -1.98. The Labute approximate surface area is 68.2 Å². The minimum Gasteiger partial charge on any atom is -0.481 e. The molecule has 0 radical (unpaired) electrons. The van der Waals surface area contributed by atoms with E-state index in [9.17, 15) is 0 Å². The van der Waals surface area contributed by atoms with Gasteiger partial charge in [-0.15, -0.1) is 0 Å². The number of rotatable bonds is 1. The number of aryl methyl sites for hydroxylation is 1. The molecule has 0 amide bonds. The maximum absolute atomic E-state index is 4.95. The summed E-state index contributed by atoms with van der Waals surface area (Å²) in [5.74, 6) is 0.974. The van der Waals surface area contributed by atoms with Gasteiger partial charge in [0.05, 0.1) is 12.8 Å². The second-order valence-corrected chi connectivity index (χ2v) is 2.33. The van der Waals surface area contributed by atoms with Gasteiger partial charge in [0.1, 0.15) is 0 Å². The van der Waals surface area contributed by atoms with Gasteiger partial charge < -0.3 is 4.74 Å². The number of aromatic nitrogens is 5. The standard InChI is InChI=1S/C6H7N5O/c1-4-3-5(12-2)7-6-8-9-10-11(4)6/h3H,1-2H3. The molecule has 0 unspecified atom stereocenters. The molecule has 12 heavy (non-hydrogen) atoms. The Balaban J connectivity index is 2.75. The fourth-order valence-corrected chi connectivity index (χ4v) is 0.956. The summed E-state index contributed by atoms with van der Waals surface area (Å²) in [5, 5.41) is 10.9. The number of hydrogen-bond acceptors (Lipinski definition) is 5. The van der Waals surface area contributed by atoms with Gasteiger partial charge in [0.2, 0.25) is 5.88 Å². The molecule has 0 saturated carbocycles. The Morgan fingerprint density at radius 1 is 1.50 bits per heavy atom. The van der Waals surface area contributed by atoms with Gasteiger partial charge in [-0.1, -0.05) is 5.10 Å². The highest BCUT2D eigenvalue weighted by atomic mass is 16.5. The molecule has 6 nitrogen and oxygen atoms in total. The maximum Gasteiger partial charge on any atom is 0.276 e. The minimum atomic E-state index is 0.451. The number of ether oxygens (including phenoxy) is 1.